The van der Waals surface area contributed by atoms with Gasteiger partial charge in [-0.2, -0.15) is 0 Å². The number of pyridine rings is 1. The number of amides is 5. The number of hydrogen-bond acceptors (Lipinski definition) is 16. The summed E-state index contributed by atoms with van der Waals surface area (Å²) in [7, 11) is 4.48. The van der Waals surface area contributed by atoms with E-state index in [-0.39, 0.29) is 91.6 Å². The fourth-order valence-corrected chi connectivity index (χ4v) is 12.2. The summed E-state index contributed by atoms with van der Waals surface area (Å²) in [4.78, 5) is 115. The van der Waals surface area contributed by atoms with E-state index in [1.165, 1.54) is 25.3 Å². The maximum absolute atomic E-state index is 14.6. The number of aromatic nitrogens is 1. The number of Topliss-reactive ketones (excluding diaryl/α,β-unsaturated/α-hetero) is 2. The van der Waals surface area contributed by atoms with E-state index in [1.807, 2.05) is 54.5 Å². The highest BCUT2D eigenvalue weighted by Crippen LogP contribution is 2.50. The van der Waals surface area contributed by atoms with Gasteiger partial charge in [0.15, 0.2) is 5.78 Å². The predicted octanol–water partition coefficient (Wildman–Crippen LogP) is 9.77. The lowest BCUT2D eigenvalue weighted by Crippen LogP contribution is -2.53. The molecule has 4 heterocycles. The number of esters is 2. The maximum Gasteiger partial charge on any atom is 0.412 e. The number of carbonyl (C=O) groups is 8. The molecule has 0 radical (unpaired) electrons. The van der Waals surface area contributed by atoms with Gasteiger partial charge in [0.05, 0.1) is 54.9 Å². The summed E-state index contributed by atoms with van der Waals surface area (Å²) in [5.74, 6) is -3.72. The summed E-state index contributed by atoms with van der Waals surface area (Å²) in [5, 5.41) is 21.0. The molecule has 2 aromatic carbocycles. The molecule has 3 aromatic rings. The minimum atomic E-state index is -1.65. The molecule has 0 spiro atoms. The molecule has 2 fully saturated rings. The van der Waals surface area contributed by atoms with Crippen molar-refractivity contribution in [3.63, 3.8) is 0 Å². The number of anilines is 2. The molecule has 9 atom stereocenters. The summed E-state index contributed by atoms with van der Waals surface area (Å²) in [5.41, 5.74) is 4.75. The zero-order chi connectivity index (χ0) is 64.8. The number of epoxide rings is 1. The first-order chi connectivity index (χ1) is 41.6. The van der Waals surface area contributed by atoms with Gasteiger partial charge in [-0.15, -0.1) is 0 Å². The smallest absolute Gasteiger partial charge is 0.412 e. The van der Waals surface area contributed by atoms with E-state index >= 15 is 0 Å². The van der Waals surface area contributed by atoms with E-state index in [0.717, 1.165) is 11.1 Å². The third-order valence-electron chi connectivity index (χ3n) is 17.4. The Bertz CT molecular complexity index is 3090. The van der Waals surface area contributed by atoms with Crippen LogP contribution in [-0.4, -0.2) is 133 Å². The Labute approximate surface area is 521 Å². The molecule has 0 aliphatic carbocycles. The van der Waals surface area contributed by atoms with Gasteiger partial charge < -0.3 is 54.8 Å². The molecule has 3 aliphatic rings. The van der Waals surface area contributed by atoms with Crippen molar-refractivity contribution in [1.82, 2.24) is 15.6 Å². The zero-order valence-corrected chi connectivity index (χ0v) is 53.8. The number of nitrogens with zero attached hydrogens (tertiary/aromatic N) is 2. The minimum absolute atomic E-state index is 0.00500. The number of carbonyl (C=O) groups excluding carboxylic acids is 8. The fraction of sp³-hybridized carbons (Fsp3) is 0.591. The third-order valence-corrected chi connectivity index (χ3v) is 17.7. The van der Waals surface area contributed by atoms with Crippen molar-refractivity contribution in [3.8, 4) is 5.75 Å². The first-order valence-electron chi connectivity index (χ1n) is 30.6. The van der Waals surface area contributed by atoms with Crippen LogP contribution < -0.4 is 31.3 Å². The molecule has 0 unspecified atom stereocenters. The number of methoxy groups -OCH3 is 2. The molecule has 4 bridgehead atoms. The van der Waals surface area contributed by atoms with Crippen molar-refractivity contribution in [3.05, 3.63) is 82.5 Å². The number of primary amides is 1. The first kappa shape index (κ1) is 70.2. The minimum Gasteiger partial charge on any atom is -0.495 e. The van der Waals surface area contributed by atoms with Gasteiger partial charge >= 0.3 is 24.1 Å². The second kappa shape index (κ2) is 31.0. The van der Waals surface area contributed by atoms with E-state index in [0.29, 0.717) is 66.4 Å². The number of halogens is 1. The van der Waals surface area contributed by atoms with Gasteiger partial charge in [-0.1, -0.05) is 76.1 Å². The second-order valence-corrected chi connectivity index (χ2v) is 25.3. The zero-order valence-electron chi connectivity index (χ0n) is 53.1. The van der Waals surface area contributed by atoms with Gasteiger partial charge in [-0.05, 0) is 126 Å². The lowest BCUT2D eigenvalue weighted by molar-refractivity contribution is -0.187. The van der Waals surface area contributed by atoms with Crippen molar-refractivity contribution >= 4 is 81.3 Å². The molecular formula is C66H91ClN6O15. The van der Waals surface area contributed by atoms with Crippen LogP contribution in [0.1, 0.15) is 150 Å². The lowest BCUT2D eigenvalue weighted by Gasteiger charge is -2.41. The molecule has 88 heavy (non-hydrogen) atoms. The Kier molecular flexibility index (Phi) is 24.7. The number of benzene rings is 2. The molecule has 1 aromatic heterocycles. The van der Waals surface area contributed by atoms with Gasteiger partial charge in [-0.25, -0.2) is 9.59 Å². The van der Waals surface area contributed by atoms with E-state index in [9.17, 15) is 43.5 Å². The molecule has 22 heteroatoms. The molecule has 0 saturated carbocycles. The number of allylic oxidation sites excluding steroid dienone is 3. The normalized spacial score (nSPS) is 24.0. The Balaban J connectivity index is 1.21. The SMILES string of the molecule is CCC(CC)C(=O)OC(C)(C)CCCCC(=O)C[C@H](C(=O)N[C@@H](CCCNC(N)=O)C(=O)Cc1ccc(NC(=O)O[C@H]2CC(=O)N(C)c3cc(cc(OC)c3Cl)C/C(C)=C/C=C/[C@@H](OC)[C@]3(O)CC(=O)O[C@@H](C3)[C@@H](C)[C@@H]3O[C@@]23C)c2cccnc12)C(C)C. The van der Waals surface area contributed by atoms with E-state index < -0.39 is 95.4 Å². The quantitative estimate of drug-likeness (QED) is 0.0228. The monoisotopic (exact) mass is 1240 g/mol. The fourth-order valence-electron chi connectivity index (χ4n) is 11.9. The van der Waals surface area contributed by atoms with Crippen LogP contribution >= 0.6 is 11.6 Å². The van der Waals surface area contributed by atoms with Crippen molar-refractivity contribution in [2.24, 2.45) is 29.4 Å². The largest absolute Gasteiger partial charge is 0.495 e. The number of fused-ring (bicyclic) bond motifs is 6. The highest BCUT2D eigenvalue weighted by atomic mass is 35.5. The predicted molar refractivity (Wildman–Crippen MR) is 334 cm³/mol. The maximum atomic E-state index is 14.6. The number of nitrogens with one attached hydrogen (secondary N) is 3. The van der Waals surface area contributed by atoms with Crippen LogP contribution in [0.15, 0.2) is 66.4 Å². The average molecular weight is 1240 g/mol. The van der Waals surface area contributed by atoms with Crippen LogP contribution in [0.25, 0.3) is 10.9 Å². The van der Waals surface area contributed by atoms with Crippen LogP contribution in [0.2, 0.25) is 5.02 Å². The number of urea groups is 1. The second-order valence-electron chi connectivity index (χ2n) is 24.9. The van der Waals surface area contributed by atoms with Gasteiger partial charge in [-0.3, -0.25) is 39.1 Å². The van der Waals surface area contributed by atoms with Crippen molar-refractivity contribution in [2.75, 3.05) is 38.0 Å². The van der Waals surface area contributed by atoms with Gasteiger partial charge in [0.25, 0.3) is 0 Å². The number of aliphatic hydroxyl groups is 1. The summed E-state index contributed by atoms with van der Waals surface area (Å²) in [6, 6.07) is 8.35. The molecule has 6 rings (SSSR count). The summed E-state index contributed by atoms with van der Waals surface area (Å²) in [6.45, 7) is 16.9. The molecule has 5 amide bonds. The number of unbranched alkanes of at least 4 members (excludes halogenated alkanes) is 1. The van der Waals surface area contributed by atoms with E-state index in [1.54, 1.807) is 69.4 Å². The third kappa shape index (κ3) is 18.3. The Hall–Kier alpha value is -6.94. The van der Waals surface area contributed by atoms with Crippen LogP contribution in [0.5, 0.6) is 5.75 Å². The first-order valence-corrected chi connectivity index (χ1v) is 31.0. The number of hydrogen-bond donors (Lipinski definition) is 5. The van der Waals surface area contributed by atoms with Gasteiger partial charge in [0.2, 0.25) is 11.8 Å². The number of nitrogens with two attached hydrogens (primary N) is 1. The molecule has 482 valence electrons. The highest BCUT2D eigenvalue weighted by Gasteiger charge is 2.64. The number of ketones is 2. The van der Waals surface area contributed by atoms with Crippen LogP contribution in [0.3, 0.4) is 0 Å². The topological polar surface area (TPSA) is 294 Å². The Morgan fingerprint density at radius 1 is 1.03 bits per heavy atom. The summed E-state index contributed by atoms with van der Waals surface area (Å²) < 4.78 is 35.7. The van der Waals surface area contributed by atoms with Gasteiger partial charge in [0, 0.05) is 69.8 Å². The van der Waals surface area contributed by atoms with Crippen LogP contribution in [0.4, 0.5) is 21.0 Å². The lowest BCUT2D eigenvalue weighted by atomic mass is 9.78. The molecule has 3 aliphatic heterocycles. The molecule has 2 saturated heterocycles. The van der Waals surface area contributed by atoms with Crippen LogP contribution in [-0.2, 0) is 65.3 Å². The molecular weight excluding hydrogens is 1150 g/mol. The Morgan fingerprint density at radius 2 is 1.76 bits per heavy atom. The van der Waals surface area contributed by atoms with Gasteiger partial charge in [0.1, 0.15) is 51.7 Å². The number of ether oxygens (including phenoxy) is 6. The average Bonchev–Trinajstić information content (AvgIpc) is 1.87. The highest BCUT2D eigenvalue weighted by molar-refractivity contribution is 6.35. The molecule has 6 N–H and O–H groups in total. The van der Waals surface area contributed by atoms with Crippen molar-refractivity contribution in [1.29, 1.82) is 0 Å². The summed E-state index contributed by atoms with van der Waals surface area (Å²) >= 11 is 6.89. The van der Waals surface area contributed by atoms with E-state index in [4.69, 9.17) is 45.8 Å². The summed E-state index contributed by atoms with van der Waals surface area (Å²) in [6.07, 6.45) is 5.34. The van der Waals surface area contributed by atoms with Crippen molar-refractivity contribution < 1.29 is 71.9 Å². The van der Waals surface area contributed by atoms with Crippen molar-refractivity contribution in [2.45, 2.75) is 199 Å². The Morgan fingerprint density at radius 3 is 2.43 bits per heavy atom. The standard InChI is InChI=1S/C66H91ClN6O15/c1-13-42(14-2)61(79)88-64(7,8)27-16-15-21-44(74)34-46(38(3)4)60(78)71-48(23-19-29-70-62(68)80)50(75)33-43-25-26-47(45-22-18-28-69-58(43)45)72-63(81)86-54-35-55(76)73(10)49-31-41(32-51(83-11)57(49)67)30-39(5)20-17-24-53(84-12)66(82)36-52(85-56(77)37-66)40(6)59-65(54,9)87-59/h17-18,20,22,24-26,28,31-32,38,40,42,46,48,52-54,59,82H,13-16,19,21,23,27,29-30,33-37H2,1-12H3,(H,71,78)(H,72,81)(H3,68,70,80)/b24-17+,39-20+/t40-,46+,48+,52+,53-,54+,59+,65+,66-/m1/s1. The molecule has 21 nitrogen and oxygen atoms in total. The van der Waals surface area contributed by atoms with Crippen LogP contribution in [0, 0.1) is 23.7 Å². The number of rotatable bonds is 25. The van der Waals surface area contributed by atoms with E-state index in [2.05, 4.69) is 20.9 Å².